The van der Waals surface area contributed by atoms with Crippen LogP contribution >= 0.6 is 0 Å². The molecule has 0 bridgehead atoms. The molecular formula is C9H18N2O5. The normalized spacial score (nSPS) is 24.2. The van der Waals surface area contributed by atoms with Crippen LogP contribution in [0.3, 0.4) is 0 Å². The van der Waals surface area contributed by atoms with Crippen LogP contribution in [0.5, 0.6) is 0 Å². The van der Waals surface area contributed by atoms with Gasteiger partial charge in [0.2, 0.25) is 0 Å². The van der Waals surface area contributed by atoms with Gasteiger partial charge < -0.3 is 29.6 Å². The molecular weight excluding hydrogens is 216 g/mol. The molecule has 94 valence electrons. The number of urea groups is 1. The van der Waals surface area contributed by atoms with Crippen molar-refractivity contribution in [2.24, 2.45) is 0 Å². The van der Waals surface area contributed by atoms with Crippen molar-refractivity contribution in [2.75, 3.05) is 40.6 Å². The summed E-state index contributed by atoms with van der Waals surface area (Å²) in [5.74, 6) is 0. The molecule has 1 aliphatic heterocycles. The van der Waals surface area contributed by atoms with E-state index in [-0.39, 0.29) is 6.03 Å². The highest BCUT2D eigenvalue weighted by Gasteiger charge is 2.32. The predicted molar refractivity (Wildman–Crippen MR) is 54.9 cm³/mol. The van der Waals surface area contributed by atoms with Gasteiger partial charge in [0.25, 0.3) is 0 Å². The maximum atomic E-state index is 11.1. The molecule has 0 aliphatic carbocycles. The fourth-order valence-corrected chi connectivity index (χ4v) is 1.23. The van der Waals surface area contributed by atoms with Crippen LogP contribution in [0.4, 0.5) is 4.79 Å². The molecule has 1 heterocycles. The summed E-state index contributed by atoms with van der Waals surface area (Å²) in [4.78, 5) is 11.1. The number of hydrogen-bond donors (Lipinski definition) is 2. The maximum absolute atomic E-state index is 11.1. The minimum absolute atomic E-state index is 0.301. The molecule has 0 saturated carbocycles. The molecule has 7 heteroatoms. The topological polar surface area (TPSA) is 78.1 Å². The number of ether oxygens (including phenoxy) is 4. The standard InChI is InChI=1S/C9H18N2O5/c1-13-3-5-15-7-8(11-9(12)10-7)16-6-4-14-2/h7-8H,3-6H2,1-2H3,(H2,10,11,12). The number of amides is 2. The van der Waals surface area contributed by atoms with Crippen LogP contribution in [0.25, 0.3) is 0 Å². The molecule has 0 radical (unpaired) electrons. The minimum atomic E-state index is -0.487. The Balaban J connectivity index is 2.25. The van der Waals surface area contributed by atoms with Gasteiger partial charge in [-0.25, -0.2) is 4.79 Å². The molecule has 0 aromatic heterocycles. The van der Waals surface area contributed by atoms with E-state index in [1.54, 1.807) is 14.2 Å². The highest BCUT2D eigenvalue weighted by atomic mass is 16.6. The highest BCUT2D eigenvalue weighted by Crippen LogP contribution is 2.05. The first-order valence-corrected chi connectivity index (χ1v) is 5.06. The SMILES string of the molecule is COCCOC1NC(=O)NC1OCCOC. The Morgan fingerprint density at radius 2 is 1.38 bits per heavy atom. The van der Waals surface area contributed by atoms with Gasteiger partial charge in [0.15, 0.2) is 12.5 Å². The lowest BCUT2D eigenvalue weighted by molar-refractivity contribution is -0.0885. The van der Waals surface area contributed by atoms with E-state index in [2.05, 4.69) is 10.6 Å². The van der Waals surface area contributed by atoms with Gasteiger partial charge >= 0.3 is 6.03 Å². The lowest BCUT2D eigenvalue weighted by Gasteiger charge is -2.18. The smallest absolute Gasteiger partial charge is 0.319 e. The van der Waals surface area contributed by atoms with E-state index in [4.69, 9.17) is 18.9 Å². The minimum Gasteiger partial charge on any atom is -0.382 e. The van der Waals surface area contributed by atoms with Crippen molar-refractivity contribution in [3.05, 3.63) is 0 Å². The number of nitrogens with one attached hydrogen (secondary N) is 2. The lowest BCUT2D eigenvalue weighted by Crippen LogP contribution is -2.39. The van der Waals surface area contributed by atoms with Crippen LogP contribution in [-0.2, 0) is 18.9 Å². The van der Waals surface area contributed by atoms with Crippen molar-refractivity contribution in [2.45, 2.75) is 12.5 Å². The van der Waals surface area contributed by atoms with E-state index in [1.165, 1.54) is 0 Å². The van der Waals surface area contributed by atoms with Gasteiger partial charge in [-0.1, -0.05) is 0 Å². The van der Waals surface area contributed by atoms with Crippen molar-refractivity contribution in [1.82, 2.24) is 10.6 Å². The van der Waals surface area contributed by atoms with E-state index >= 15 is 0 Å². The Morgan fingerprint density at radius 1 is 0.938 bits per heavy atom. The predicted octanol–water partition coefficient (Wildman–Crippen LogP) is -0.723. The molecule has 2 atom stereocenters. The zero-order valence-corrected chi connectivity index (χ0v) is 9.52. The van der Waals surface area contributed by atoms with Gasteiger partial charge in [0, 0.05) is 14.2 Å². The highest BCUT2D eigenvalue weighted by molar-refractivity contribution is 5.76. The average Bonchev–Trinajstić information content (AvgIpc) is 2.60. The van der Waals surface area contributed by atoms with Crippen LogP contribution in [0.1, 0.15) is 0 Å². The van der Waals surface area contributed by atoms with E-state index in [9.17, 15) is 4.79 Å². The molecule has 0 aromatic carbocycles. The van der Waals surface area contributed by atoms with Crippen molar-refractivity contribution in [3.8, 4) is 0 Å². The largest absolute Gasteiger partial charge is 0.382 e. The Kier molecular flexibility index (Phi) is 6.09. The maximum Gasteiger partial charge on any atom is 0.319 e. The second-order valence-corrected chi connectivity index (χ2v) is 3.19. The zero-order valence-electron chi connectivity index (χ0n) is 9.52. The van der Waals surface area contributed by atoms with Crippen LogP contribution in [-0.4, -0.2) is 59.1 Å². The first-order chi connectivity index (χ1) is 7.77. The summed E-state index contributed by atoms with van der Waals surface area (Å²) in [6.45, 7) is 1.73. The Bertz CT molecular complexity index is 194. The summed E-state index contributed by atoms with van der Waals surface area (Å²) in [7, 11) is 3.17. The summed E-state index contributed by atoms with van der Waals surface area (Å²) < 4.78 is 20.4. The number of hydrogen-bond acceptors (Lipinski definition) is 5. The molecule has 1 aliphatic rings. The van der Waals surface area contributed by atoms with E-state index in [1.807, 2.05) is 0 Å². The number of methoxy groups -OCH3 is 2. The first kappa shape index (κ1) is 13.2. The van der Waals surface area contributed by atoms with Crippen LogP contribution in [0, 0.1) is 0 Å². The van der Waals surface area contributed by atoms with Gasteiger partial charge in [-0.05, 0) is 0 Å². The molecule has 2 unspecified atom stereocenters. The second-order valence-electron chi connectivity index (χ2n) is 3.19. The summed E-state index contributed by atoms with van der Waals surface area (Å²) in [5.41, 5.74) is 0. The third-order valence-corrected chi connectivity index (χ3v) is 1.99. The monoisotopic (exact) mass is 234 g/mol. The van der Waals surface area contributed by atoms with Gasteiger partial charge in [-0.15, -0.1) is 0 Å². The summed E-state index contributed by atoms with van der Waals surface area (Å²) in [6, 6.07) is -0.301. The van der Waals surface area contributed by atoms with Gasteiger partial charge in [-0.2, -0.15) is 0 Å². The van der Waals surface area contributed by atoms with Crippen molar-refractivity contribution in [3.63, 3.8) is 0 Å². The Morgan fingerprint density at radius 3 is 1.75 bits per heavy atom. The molecule has 1 saturated heterocycles. The summed E-state index contributed by atoms with van der Waals surface area (Å²) in [5, 5.41) is 5.19. The second kappa shape index (κ2) is 7.39. The number of carbonyl (C=O) groups excluding carboxylic acids is 1. The lowest BCUT2D eigenvalue weighted by atomic mass is 10.5. The molecule has 2 N–H and O–H groups in total. The fourth-order valence-electron chi connectivity index (χ4n) is 1.23. The molecule has 2 amide bonds. The molecule has 0 spiro atoms. The van der Waals surface area contributed by atoms with E-state index < -0.39 is 12.5 Å². The number of rotatable bonds is 8. The molecule has 1 rings (SSSR count). The summed E-state index contributed by atoms with van der Waals surface area (Å²) in [6.07, 6.45) is -0.973. The zero-order chi connectivity index (χ0) is 11.8. The van der Waals surface area contributed by atoms with Gasteiger partial charge in [-0.3, -0.25) is 0 Å². The third-order valence-electron chi connectivity index (χ3n) is 1.99. The number of carbonyl (C=O) groups is 1. The van der Waals surface area contributed by atoms with Crippen molar-refractivity contribution >= 4 is 6.03 Å². The quantitative estimate of drug-likeness (QED) is 0.542. The van der Waals surface area contributed by atoms with E-state index in [0.29, 0.717) is 26.4 Å². The summed E-state index contributed by atoms with van der Waals surface area (Å²) >= 11 is 0. The van der Waals surface area contributed by atoms with Gasteiger partial charge in [0.05, 0.1) is 26.4 Å². The molecule has 1 fully saturated rings. The van der Waals surface area contributed by atoms with E-state index in [0.717, 1.165) is 0 Å². The fraction of sp³-hybridized carbons (Fsp3) is 0.889. The Hall–Kier alpha value is -0.890. The first-order valence-electron chi connectivity index (χ1n) is 5.06. The van der Waals surface area contributed by atoms with Crippen molar-refractivity contribution < 1.29 is 23.7 Å². The molecule has 16 heavy (non-hydrogen) atoms. The van der Waals surface area contributed by atoms with Crippen LogP contribution in [0.2, 0.25) is 0 Å². The molecule has 0 aromatic rings. The Labute approximate surface area is 94.4 Å². The molecule has 7 nitrogen and oxygen atoms in total. The third kappa shape index (κ3) is 4.31. The van der Waals surface area contributed by atoms with Gasteiger partial charge in [0.1, 0.15) is 0 Å². The average molecular weight is 234 g/mol. The van der Waals surface area contributed by atoms with Crippen LogP contribution < -0.4 is 10.6 Å². The van der Waals surface area contributed by atoms with Crippen molar-refractivity contribution in [1.29, 1.82) is 0 Å². The van der Waals surface area contributed by atoms with Crippen LogP contribution in [0.15, 0.2) is 0 Å².